The van der Waals surface area contributed by atoms with Crippen molar-refractivity contribution in [2.75, 3.05) is 38.0 Å². The third-order valence-corrected chi connectivity index (χ3v) is 4.06. The van der Waals surface area contributed by atoms with E-state index in [9.17, 15) is 0 Å². The summed E-state index contributed by atoms with van der Waals surface area (Å²) in [4.78, 5) is 14.5. The maximum absolute atomic E-state index is 5.31. The Morgan fingerprint density at radius 2 is 2.05 bits per heavy atom. The second-order valence-electron chi connectivity index (χ2n) is 3.75. The minimum atomic E-state index is 0.298. The summed E-state index contributed by atoms with van der Waals surface area (Å²) in [5, 5.41) is 12.4. The van der Waals surface area contributed by atoms with Crippen LogP contribution >= 0.6 is 23.1 Å². The van der Waals surface area contributed by atoms with Crippen molar-refractivity contribution in [2.24, 2.45) is 0 Å². The van der Waals surface area contributed by atoms with Crippen LogP contribution < -0.4 is 15.0 Å². The molecular weight excluding hydrogens is 298 g/mol. The quantitative estimate of drug-likeness (QED) is 0.849. The topological polar surface area (TPSA) is 88.9 Å². The number of nitrogens with zero attached hydrogens (tertiary/aromatic N) is 6. The van der Waals surface area contributed by atoms with Gasteiger partial charge in [0.05, 0.1) is 6.61 Å². The number of hydrogen-bond donors (Lipinski definition) is 1. The Hall–Kier alpha value is -1.68. The fraction of sp³-hybridized carbons (Fsp3) is 0.500. The van der Waals surface area contributed by atoms with Crippen LogP contribution in [0, 0.1) is 0 Å². The van der Waals surface area contributed by atoms with Crippen molar-refractivity contribution in [1.82, 2.24) is 25.1 Å². The first-order chi connectivity index (χ1) is 9.62. The smallest absolute Gasteiger partial charge is 0.322 e. The van der Waals surface area contributed by atoms with Gasteiger partial charge in [-0.25, -0.2) is 0 Å². The molecule has 0 unspecified atom stereocenters. The van der Waals surface area contributed by atoms with E-state index in [0.717, 1.165) is 9.47 Å². The van der Waals surface area contributed by atoms with E-state index in [2.05, 4.69) is 30.5 Å². The lowest BCUT2D eigenvalue weighted by atomic mass is 10.8. The van der Waals surface area contributed by atoms with Gasteiger partial charge in [-0.2, -0.15) is 15.0 Å². The second kappa shape index (κ2) is 6.66. The molecule has 2 aromatic heterocycles. The SMILES string of the molecule is CCOc1nc(NC)nc(Sc2nnc(N(C)C)s2)n1. The molecule has 0 fully saturated rings. The molecule has 0 aliphatic carbocycles. The zero-order chi connectivity index (χ0) is 14.5. The number of aromatic nitrogens is 5. The molecular formula is C10H15N7OS2. The van der Waals surface area contributed by atoms with Crippen LogP contribution in [-0.4, -0.2) is 52.9 Å². The standard InChI is InChI=1S/C10H15N7OS2/c1-5-18-7-12-6(11-2)13-8(14-7)19-10-16-15-9(20-10)17(3)4/h5H2,1-4H3,(H,11,12,13,14). The van der Waals surface area contributed by atoms with E-state index in [1.807, 2.05) is 25.9 Å². The second-order valence-corrected chi connectivity index (χ2v) is 5.92. The minimum Gasteiger partial charge on any atom is -0.464 e. The van der Waals surface area contributed by atoms with Gasteiger partial charge in [0.15, 0.2) is 4.34 Å². The number of ether oxygens (including phenoxy) is 1. The van der Waals surface area contributed by atoms with Gasteiger partial charge in [0.1, 0.15) is 0 Å². The molecule has 0 saturated heterocycles. The Labute approximate surface area is 125 Å². The highest BCUT2D eigenvalue weighted by Gasteiger charge is 2.12. The van der Waals surface area contributed by atoms with Crippen molar-refractivity contribution in [1.29, 1.82) is 0 Å². The van der Waals surface area contributed by atoms with Gasteiger partial charge in [0, 0.05) is 21.1 Å². The molecule has 2 heterocycles. The van der Waals surface area contributed by atoms with E-state index in [4.69, 9.17) is 4.74 Å². The average molecular weight is 313 g/mol. The number of nitrogens with one attached hydrogen (secondary N) is 1. The summed E-state index contributed by atoms with van der Waals surface area (Å²) >= 11 is 2.80. The Morgan fingerprint density at radius 1 is 1.25 bits per heavy atom. The molecule has 108 valence electrons. The van der Waals surface area contributed by atoms with Crippen LogP contribution in [0.25, 0.3) is 0 Å². The summed E-state index contributed by atoms with van der Waals surface area (Å²) in [6.45, 7) is 2.38. The van der Waals surface area contributed by atoms with Crippen molar-refractivity contribution in [2.45, 2.75) is 16.4 Å². The summed E-state index contributed by atoms with van der Waals surface area (Å²) in [6.07, 6.45) is 0. The van der Waals surface area contributed by atoms with Crippen LogP contribution in [0.2, 0.25) is 0 Å². The molecule has 0 saturated carbocycles. The molecule has 2 rings (SSSR count). The summed E-state index contributed by atoms with van der Waals surface area (Å²) in [7, 11) is 5.59. The third-order valence-electron chi connectivity index (χ3n) is 2.05. The summed E-state index contributed by atoms with van der Waals surface area (Å²) in [6, 6.07) is 0.298. The van der Waals surface area contributed by atoms with E-state index in [-0.39, 0.29) is 0 Å². The first-order valence-corrected chi connectivity index (χ1v) is 7.51. The van der Waals surface area contributed by atoms with Gasteiger partial charge in [-0.1, -0.05) is 11.3 Å². The molecule has 0 radical (unpaired) electrons. The normalized spacial score (nSPS) is 10.4. The first-order valence-electron chi connectivity index (χ1n) is 5.87. The van der Waals surface area contributed by atoms with Gasteiger partial charge in [-0.05, 0) is 18.7 Å². The Kier molecular flexibility index (Phi) is 4.90. The average Bonchev–Trinajstić information content (AvgIpc) is 2.87. The van der Waals surface area contributed by atoms with Crippen LogP contribution in [0.4, 0.5) is 11.1 Å². The largest absolute Gasteiger partial charge is 0.464 e. The summed E-state index contributed by atoms with van der Waals surface area (Å²) < 4.78 is 6.08. The van der Waals surface area contributed by atoms with Gasteiger partial charge in [0.2, 0.25) is 16.2 Å². The maximum Gasteiger partial charge on any atom is 0.322 e. The highest BCUT2D eigenvalue weighted by molar-refractivity contribution is 8.00. The number of rotatable bonds is 6. The van der Waals surface area contributed by atoms with Crippen molar-refractivity contribution in [3.05, 3.63) is 0 Å². The van der Waals surface area contributed by atoms with Crippen molar-refractivity contribution >= 4 is 34.2 Å². The monoisotopic (exact) mass is 313 g/mol. The predicted molar refractivity (Wildman–Crippen MR) is 78.9 cm³/mol. The lowest BCUT2D eigenvalue weighted by Crippen LogP contribution is -2.07. The molecule has 2 aromatic rings. The Bertz CT molecular complexity index is 574. The van der Waals surface area contributed by atoms with Crippen molar-refractivity contribution < 1.29 is 4.74 Å². The number of hydrogen-bond acceptors (Lipinski definition) is 10. The first kappa shape index (κ1) is 14.7. The van der Waals surface area contributed by atoms with Crippen LogP contribution in [0.15, 0.2) is 9.50 Å². The van der Waals surface area contributed by atoms with E-state index in [0.29, 0.717) is 23.7 Å². The molecule has 20 heavy (non-hydrogen) atoms. The maximum atomic E-state index is 5.31. The van der Waals surface area contributed by atoms with Crippen LogP contribution in [0.1, 0.15) is 6.92 Å². The molecule has 1 N–H and O–H groups in total. The summed E-state index contributed by atoms with van der Waals surface area (Å²) in [5.74, 6) is 0.461. The zero-order valence-electron chi connectivity index (χ0n) is 11.6. The summed E-state index contributed by atoms with van der Waals surface area (Å²) in [5.41, 5.74) is 0. The molecule has 0 bridgehead atoms. The van der Waals surface area contributed by atoms with E-state index in [1.165, 1.54) is 23.1 Å². The van der Waals surface area contributed by atoms with Crippen molar-refractivity contribution in [3.8, 4) is 6.01 Å². The van der Waals surface area contributed by atoms with E-state index in [1.54, 1.807) is 7.05 Å². The van der Waals surface area contributed by atoms with Crippen LogP contribution in [0.5, 0.6) is 6.01 Å². The fourth-order valence-electron chi connectivity index (χ4n) is 1.19. The molecule has 10 heteroatoms. The molecule has 0 aliphatic heterocycles. The Balaban J connectivity index is 2.20. The van der Waals surface area contributed by atoms with Gasteiger partial charge in [-0.15, -0.1) is 10.2 Å². The van der Waals surface area contributed by atoms with Gasteiger partial charge < -0.3 is 15.0 Å². The fourth-order valence-corrected chi connectivity index (χ4v) is 2.80. The lowest BCUT2D eigenvalue weighted by Gasteiger charge is -2.05. The van der Waals surface area contributed by atoms with Gasteiger partial charge >= 0.3 is 6.01 Å². The Morgan fingerprint density at radius 3 is 2.65 bits per heavy atom. The molecule has 0 amide bonds. The minimum absolute atomic E-state index is 0.298. The highest BCUT2D eigenvalue weighted by atomic mass is 32.2. The van der Waals surface area contributed by atoms with Gasteiger partial charge in [0.25, 0.3) is 0 Å². The van der Waals surface area contributed by atoms with Crippen LogP contribution in [0.3, 0.4) is 0 Å². The molecule has 0 aromatic carbocycles. The molecule has 0 spiro atoms. The number of anilines is 2. The van der Waals surface area contributed by atoms with Crippen LogP contribution in [-0.2, 0) is 0 Å². The molecule has 0 atom stereocenters. The molecule has 8 nitrogen and oxygen atoms in total. The van der Waals surface area contributed by atoms with E-state index < -0.39 is 0 Å². The highest BCUT2D eigenvalue weighted by Crippen LogP contribution is 2.31. The third kappa shape index (κ3) is 3.67. The predicted octanol–water partition coefficient (Wildman–Crippen LogP) is 1.38. The van der Waals surface area contributed by atoms with Crippen molar-refractivity contribution in [3.63, 3.8) is 0 Å². The zero-order valence-corrected chi connectivity index (χ0v) is 13.2. The van der Waals surface area contributed by atoms with E-state index >= 15 is 0 Å². The molecule has 0 aliphatic rings. The lowest BCUT2D eigenvalue weighted by molar-refractivity contribution is 0.308. The van der Waals surface area contributed by atoms with Gasteiger partial charge in [-0.3, -0.25) is 0 Å².